The fourth-order valence-electron chi connectivity index (χ4n) is 4.69. The standard InChI is InChI=1S/C23H27FN4O3/c1-23(2,3)30-22(29)27-12-10-14(16(24)13-27)21-25-20(26-31-21)19-15-7-4-5-8-17(15)28-11-6-9-18(19)28/h4-5,7-8,14,16H,6,9-13H2,1-3H3/t14-,16+/m1/s1. The number of rotatable bonds is 2. The Morgan fingerprint density at radius 3 is 2.84 bits per heavy atom. The molecule has 0 bridgehead atoms. The third kappa shape index (κ3) is 3.58. The molecule has 0 spiro atoms. The van der Waals surface area contributed by atoms with Crippen LogP contribution in [0.2, 0.25) is 0 Å². The molecule has 1 saturated heterocycles. The SMILES string of the molecule is CC(C)(C)OC(=O)N1CC[C@@H](c2nc(-c3c4n(c5ccccc35)CCC4)no2)[C@@H](F)C1. The van der Waals surface area contributed by atoms with Crippen LogP contribution in [0.5, 0.6) is 0 Å². The maximum atomic E-state index is 15.0. The number of carbonyl (C=O) groups excluding carboxylic acids is 1. The van der Waals surface area contributed by atoms with Gasteiger partial charge < -0.3 is 18.7 Å². The van der Waals surface area contributed by atoms with Crippen LogP contribution in [0.3, 0.4) is 0 Å². The molecular formula is C23H27FN4O3. The van der Waals surface area contributed by atoms with Gasteiger partial charge in [-0.05, 0) is 46.1 Å². The van der Waals surface area contributed by atoms with Crippen LogP contribution in [0, 0.1) is 0 Å². The number of aromatic nitrogens is 3. The van der Waals surface area contributed by atoms with E-state index in [0.29, 0.717) is 24.7 Å². The third-order valence-corrected chi connectivity index (χ3v) is 6.05. The number of carbonyl (C=O) groups is 1. The Kier molecular flexibility index (Phi) is 4.75. The van der Waals surface area contributed by atoms with Crippen molar-refractivity contribution in [3.05, 3.63) is 35.9 Å². The predicted octanol–water partition coefficient (Wildman–Crippen LogP) is 4.70. The zero-order chi connectivity index (χ0) is 21.8. The average molecular weight is 426 g/mol. The van der Waals surface area contributed by atoms with Gasteiger partial charge in [0.1, 0.15) is 11.8 Å². The smallest absolute Gasteiger partial charge is 0.410 e. The van der Waals surface area contributed by atoms with E-state index >= 15 is 4.39 Å². The molecule has 2 aliphatic rings. The van der Waals surface area contributed by atoms with Gasteiger partial charge in [0, 0.05) is 29.7 Å². The van der Waals surface area contributed by atoms with Crippen molar-refractivity contribution in [2.45, 2.75) is 64.3 Å². The van der Waals surface area contributed by atoms with Crippen LogP contribution in [0.15, 0.2) is 28.8 Å². The van der Waals surface area contributed by atoms with Crippen molar-refractivity contribution in [3.8, 4) is 11.4 Å². The Labute approximate surface area is 180 Å². The van der Waals surface area contributed by atoms with Crippen LogP contribution in [0.4, 0.5) is 9.18 Å². The lowest BCUT2D eigenvalue weighted by atomic mass is 9.95. The molecule has 0 saturated carbocycles. The summed E-state index contributed by atoms with van der Waals surface area (Å²) in [6.07, 6.45) is 0.694. The highest BCUT2D eigenvalue weighted by Gasteiger charge is 2.38. The van der Waals surface area contributed by atoms with Crippen LogP contribution in [0.1, 0.15) is 51.1 Å². The minimum Gasteiger partial charge on any atom is -0.444 e. The van der Waals surface area contributed by atoms with Crippen LogP contribution in [0.25, 0.3) is 22.3 Å². The number of hydrogen-bond acceptors (Lipinski definition) is 5. The number of likely N-dealkylation sites (tertiary alicyclic amines) is 1. The first kappa shape index (κ1) is 20.0. The fraction of sp³-hybridized carbons (Fsp3) is 0.522. The van der Waals surface area contributed by atoms with E-state index in [-0.39, 0.29) is 6.54 Å². The summed E-state index contributed by atoms with van der Waals surface area (Å²) in [6.45, 7) is 6.73. The summed E-state index contributed by atoms with van der Waals surface area (Å²) in [5, 5.41) is 5.33. The molecule has 2 atom stereocenters. The molecular weight excluding hydrogens is 399 g/mol. The molecule has 8 heteroatoms. The number of hydrogen-bond donors (Lipinski definition) is 0. The maximum Gasteiger partial charge on any atom is 0.410 e. The van der Waals surface area contributed by atoms with Gasteiger partial charge in [-0.2, -0.15) is 4.98 Å². The summed E-state index contributed by atoms with van der Waals surface area (Å²) < 4.78 is 28.2. The molecule has 7 nitrogen and oxygen atoms in total. The second-order valence-corrected chi connectivity index (χ2v) is 9.39. The maximum absolute atomic E-state index is 15.0. The quantitative estimate of drug-likeness (QED) is 0.594. The lowest BCUT2D eigenvalue weighted by Gasteiger charge is -2.34. The Hall–Kier alpha value is -2.90. The zero-order valence-electron chi connectivity index (χ0n) is 18.1. The van der Waals surface area contributed by atoms with Crippen molar-refractivity contribution < 1.29 is 18.4 Å². The van der Waals surface area contributed by atoms with Gasteiger partial charge in [0.25, 0.3) is 0 Å². The lowest BCUT2D eigenvalue weighted by molar-refractivity contribution is 0.00942. The van der Waals surface area contributed by atoms with Gasteiger partial charge in [-0.25, -0.2) is 9.18 Å². The Bertz CT molecular complexity index is 1130. The highest BCUT2D eigenvalue weighted by molar-refractivity contribution is 5.96. The zero-order valence-corrected chi connectivity index (χ0v) is 18.1. The number of ether oxygens (including phenoxy) is 1. The molecule has 1 fully saturated rings. The van der Waals surface area contributed by atoms with E-state index in [9.17, 15) is 4.79 Å². The molecule has 1 aromatic carbocycles. The van der Waals surface area contributed by atoms with Crippen LogP contribution >= 0.6 is 0 Å². The first-order valence-electron chi connectivity index (χ1n) is 10.9. The van der Waals surface area contributed by atoms with Crippen molar-refractivity contribution in [2.24, 2.45) is 0 Å². The van der Waals surface area contributed by atoms with Crippen LogP contribution in [-0.4, -0.2) is 50.6 Å². The van der Waals surface area contributed by atoms with Gasteiger partial charge in [0.05, 0.1) is 18.0 Å². The Morgan fingerprint density at radius 1 is 1.26 bits per heavy atom. The topological polar surface area (TPSA) is 73.4 Å². The van der Waals surface area contributed by atoms with E-state index in [1.165, 1.54) is 16.1 Å². The molecule has 0 radical (unpaired) electrons. The van der Waals surface area contributed by atoms with Crippen molar-refractivity contribution in [1.82, 2.24) is 19.6 Å². The van der Waals surface area contributed by atoms with Crippen molar-refractivity contribution in [2.75, 3.05) is 13.1 Å². The average Bonchev–Trinajstić information content (AvgIpc) is 3.42. The molecule has 0 N–H and O–H groups in total. The van der Waals surface area contributed by atoms with Gasteiger partial charge in [-0.3, -0.25) is 0 Å². The van der Waals surface area contributed by atoms with Crippen molar-refractivity contribution in [1.29, 1.82) is 0 Å². The van der Waals surface area contributed by atoms with Gasteiger partial charge in [-0.15, -0.1) is 0 Å². The van der Waals surface area contributed by atoms with E-state index in [0.717, 1.165) is 30.3 Å². The number of piperidine rings is 1. The highest BCUT2D eigenvalue weighted by Crippen LogP contribution is 2.38. The first-order valence-corrected chi connectivity index (χ1v) is 10.9. The summed E-state index contributed by atoms with van der Waals surface area (Å²) in [7, 11) is 0. The van der Waals surface area contributed by atoms with Crippen molar-refractivity contribution >= 4 is 17.0 Å². The number of aryl methyl sites for hydroxylation is 1. The van der Waals surface area contributed by atoms with E-state index in [2.05, 4.69) is 26.8 Å². The summed E-state index contributed by atoms with van der Waals surface area (Å²) in [4.78, 5) is 18.3. The van der Waals surface area contributed by atoms with Gasteiger partial charge in [0.15, 0.2) is 0 Å². The van der Waals surface area contributed by atoms with Gasteiger partial charge in [-0.1, -0.05) is 23.4 Å². The normalized spacial score (nSPS) is 21.5. The molecule has 2 aliphatic heterocycles. The second kappa shape index (κ2) is 7.35. The minimum absolute atomic E-state index is 0.0398. The summed E-state index contributed by atoms with van der Waals surface area (Å²) in [5.74, 6) is 0.291. The number of fused-ring (bicyclic) bond motifs is 3. The van der Waals surface area contributed by atoms with E-state index in [4.69, 9.17) is 9.26 Å². The predicted molar refractivity (Wildman–Crippen MR) is 114 cm³/mol. The molecule has 5 rings (SSSR count). The van der Waals surface area contributed by atoms with E-state index in [1.54, 1.807) is 20.8 Å². The number of amides is 1. The minimum atomic E-state index is -1.29. The molecule has 1 amide bonds. The summed E-state index contributed by atoms with van der Waals surface area (Å²) in [6, 6.07) is 8.22. The second-order valence-electron chi connectivity index (χ2n) is 9.39. The molecule has 3 aromatic rings. The first-order chi connectivity index (χ1) is 14.8. The molecule has 0 unspecified atom stereocenters. The molecule has 4 heterocycles. The number of nitrogens with zero attached hydrogens (tertiary/aromatic N) is 4. The Morgan fingerprint density at radius 2 is 2.06 bits per heavy atom. The molecule has 2 aromatic heterocycles. The fourth-order valence-corrected chi connectivity index (χ4v) is 4.69. The molecule has 31 heavy (non-hydrogen) atoms. The van der Waals surface area contributed by atoms with Crippen molar-refractivity contribution in [3.63, 3.8) is 0 Å². The highest BCUT2D eigenvalue weighted by atomic mass is 19.1. The number of para-hydroxylation sites is 1. The van der Waals surface area contributed by atoms with E-state index < -0.39 is 23.8 Å². The Balaban J connectivity index is 1.38. The van der Waals surface area contributed by atoms with Gasteiger partial charge in [0.2, 0.25) is 11.7 Å². The van der Waals surface area contributed by atoms with Crippen LogP contribution in [-0.2, 0) is 17.7 Å². The van der Waals surface area contributed by atoms with Gasteiger partial charge >= 0.3 is 6.09 Å². The lowest BCUT2D eigenvalue weighted by Crippen LogP contribution is -2.46. The largest absolute Gasteiger partial charge is 0.444 e. The molecule has 164 valence electrons. The number of halogens is 1. The number of benzene rings is 1. The molecule has 0 aliphatic carbocycles. The number of alkyl halides is 1. The third-order valence-electron chi connectivity index (χ3n) is 6.05. The monoisotopic (exact) mass is 426 g/mol. The summed E-state index contributed by atoms with van der Waals surface area (Å²) in [5.41, 5.74) is 2.77. The summed E-state index contributed by atoms with van der Waals surface area (Å²) >= 11 is 0. The van der Waals surface area contributed by atoms with Crippen LogP contribution < -0.4 is 0 Å². The van der Waals surface area contributed by atoms with E-state index in [1.807, 2.05) is 12.1 Å².